The van der Waals surface area contributed by atoms with Crippen LogP contribution in [-0.2, 0) is 0 Å². The number of hydrogen-bond acceptors (Lipinski definition) is 5. The molecular weight excluding hydrogens is 264 g/mol. The zero-order valence-electron chi connectivity index (χ0n) is 10.1. The van der Waals surface area contributed by atoms with E-state index in [-0.39, 0.29) is 22.6 Å². The number of H-pyrrole nitrogens is 1. The minimum Gasteiger partial charge on any atom is -0.366 e. The molecule has 1 aromatic heterocycles. The molecule has 9 heteroatoms. The van der Waals surface area contributed by atoms with Crippen LogP contribution in [0.4, 0.5) is 5.69 Å². The molecule has 1 heterocycles. The molecule has 0 atom stereocenters. The molecule has 0 saturated heterocycles. The molecular formula is C11H10N6O3. The number of carbonyl (C=O) groups is 3. The number of nitrogens with zero attached hydrogens (tertiary/aromatic N) is 2. The largest absolute Gasteiger partial charge is 0.366 e. The minimum atomic E-state index is -0.747. The van der Waals surface area contributed by atoms with Crippen molar-refractivity contribution in [3.8, 4) is 0 Å². The maximum Gasteiger partial charge on any atom is 0.292 e. The van der Waals surface area contributed by atoms with Crippen molar-refractivity contribution in [2.45, 2.75) is 0 Å². The number of aromatic nitrogens is 3. The van der Waals surface area contributed by atoms with E-state index in [1.54, 1.807) is 0 Å². The number of aromatic amines is 1. The first-order valence-corrected chi connectivity index (χ1v) is 5.39. The third kappa shape index (κ3) is 2.77. The lowest BCUT2D eigenvalue weighted by Crippen LogP contribution is -2.18. The summed E-state index contributed by atoms with van der Waals surface area (Å²) in [7, 11) is 0. The van der Waals surface area contributed by atoms with E-state index in [1.807, 2.05) is 0 Å². The van der Waals surface area contributed by atoms with E-state index in [4.69, 9.17) is 11.5 Å². The molecule has 6 N–H and O–H groups in total. The second kappa shape index (κ2) is 5.18. The maximum absolute atomic E-state index is 11.8. The van der Waals surface area contributed by atoms with Gasteiger partial charge in [0.25, 0.3) is 5.91 Å². The highest BCUT2D eigenvalue weighted by Gasteiger charge is 2.13. The number of hydrogen-bond donors (Lipinski definition) is 4. The quantitative estimate of drug-likeness (QED) is 0.577. The Balaban J connectivity index is 2.33. The van der Waals surface area contributed by atoms with Crippen LogP contribution in [0.3, 0.4) is 0 Å². The van der Waals surface area contributed by atoms with Crippen LogP contribution in [0, 0.1) is 0 Å². The Bertz CT molecular complexity index is 647. The average molecular weight is 274 g/mol. The summed E-state index contributed by atoms with van der Waals surface area (Å²) in [4.78, 5) is 37.8. The van der Waals surface area contributed by atoms with Gasteiger partial charge in [-0.15, -0.1) is 0 Å². The van der Waals surface area contributed by atoms with Crippen molar-refractivity contribution in [3.63, 3.8) is 0 Å². The second-order valence-corrected chi connectivity index (χ2v) is 3.82. The van der Waals surface area contributed by atoms with Crippen LogP contribution in [0.5, 0.6) is 0 Å². The van der Waals surface area contributed by atoms with Gasteiger partial charge in [0.2, 0.25) is 17.6 Å². The van der Waals surface area contributed by atoms with Crippen LogP contribution in [0.15, 0.2) is 24.5 Å². The highest BCUT2D eigenvalue weighted by molar-refractivity contribution is 6.04. The number of anilines is 1. The summed E-state index contributed by atoms with van der Waals surface area (Å²) in [5, 5.41) is 8.35. The Labute approximate surface area is 112 Å². The third-order valence-corrected chi connectivity index (χ3v) is 2.39. The fourth-order valence-electron chi connectivity index (χ4n) is 1.49. The molecule has 9 nitrogen and oxygen atoms in total. The van der Waals surface area contributed by atoms with Crippen LogP contribution in [0.1, 0.15) is 31.3 Å². The van der Waals surface area contributed by atoms with Gasteiger partial charge in [-0.25, -0.2) is 4.98 Å². The van der Waals surface area contributed by atoms with Crippen LogP contribution in [0.25, 0.3) is 0 Å². The van der Waals surface area contributed by atoms with E-state index in [9.17, 15) is 14.4 Å². The first kappa shape index (κ1) is 13.2. The van der Waals surface area contributed by atoms with Gasteiger partial charge in [0.15, 0.2) is 0 Å². The molecule has 0 fully saturated rings. The molecule has 0 aliphatic heterocycles. The van der Waals surface area contributed by atoms with Crippen molar-refractivity contribution in [2.75, 3.05) is 5.32 Å². The summed E-state index contributed by atoms with van der Waals surface area (Å²) in [6, 6.07) is 3.89. The lowest BCUT2D eigenvalue weighted by atomic mass is 10.1. The lowest BCUT2D eigenvalue weighted by Gasteiger charge is -2.07. The number of primary amides is 2. The molecule has 0 unspecified atom stereocenters. The molecule has 0 aliphatic rings. The number of nitrogens with two attached hydrogens (primary N) is 2. The van der Waals surface area contributed by atoms with Crippen molar-refractivity contribution in [1.82, 2.24) is 15.2 Å². The van der Waals surface area contributed by atoms with Gasteiger partial charge in [0, 0.05) is 16.8 Å². The van der Waals surface area contributed by atoms with E-state index in [0.29, 0.717) is 0 Å². The van der Waals surface area contributed by atoms with Gasteiger partial charge < -0.3 is 16.8 Å². The molecule has 0 bridgehead atoms. The van der Waals surface area contributed by atoms with E-state index >= 15 is 0 Å². The fourth-order valence-corrected chi connectivity index (χ4v) is 1.49. The molecule has 0 saturated carbocycles. The SMILES string of the molecule is NC(=O)c1cc(NC(=O)c2ncn[nH]2)cc(C(N)=O)c1. The Morgan fingerprint density at radius 3 is 2.10 bits per heavy atom. The second-order valence-electron chi connectivity index (χ2n) is 3.82. The predicted octanol–water partition coefficient (Wildman–Crippen LogP) is -0.745. The minimum absolute atomic E-state index is 0.0184. The number of nitrogens with one attached hydrogen (secondary N) is 2. The Kier molecular flexibility index (Phi) is 3.42. The fraction of sp³-hybridized carbons (Fsp3) is 0. The Morgan fingerprint density at radius 2 is 1.65 bits per heavy atom. The van der Waals surface area contributed by atoms with Gasteiger partial charge in [-0.05, 0) is 18.2 Å². The number of rotatable bonds is 4. The smallest absolute Gasteiger partial charge is 0.292 e. The summed E-state index contributed by atoms with van der Waals surface area (Å²) in [5.41, 5.74) is 10.6. The summed E-state index contributed by atoms with van der Waals surface area (Å²) in [5.74, 6) is -2.10. The maximum atomic E-state index is 11.8. The van der Waals surface area contributed by atoms with Gasteiger partial charge in [-0.1, -0.05) is 0 Å². The van der Waals surface area contributed by atoms with Crippen molar-refractivity contribution in [2.24, 2.45) is 11.5 Å². The van der Waals surface area contributed by atoms with Crippen LogP contribution in [-0.4, -0.2) is 32.9 Å². The van der Waals surface area contributed by atoms with Crippen molar-refractivity contribution >= 4 is 23.4 Å². The number of benzene rings is 1. The molecule has 3 amide bonds. The highest BCUT2D eigenvalue weighted by Crippen LogP contribution is 2.15. The topological polar surface area (TPSA) is 157 Å². The first-order chi connectivity index (χ1) is 9.47. The van der Waals surface area contributed by atoms with E-state index in [2.05, 4.69) is 20.5 Å². The third-order valence-electron chi connectivity index (χ3n) is 2.39. The van der Waals surface area contributed by atoms with Gasteiger partial charge in [-0.3, -0.25) is 19.5 Å². The number of carbonyl (C=O) groups excluding carboxylic acids is 3. The molecule has 102 valence electrons. The van der Waals surface area contributed by atoms with Crippen molar-refractivity contribution < 1.29 is 14.4 Å². The predicted molar refractivity (Wildman–Crippen MR) is 67.8 cm³/mol. The first-order valence-electron chi connectivity index (χ1n) is 5.39. The molecule has 20 heavy (non-hydrogen) atoms. The van der Waals surface area contributed by atoms with E-state index in [1.165, 1.54) is 24.5 Å². The molecule has 0 radical (unpaired) electrons. The lowest BCUT2D eigenvalue weighted by molar-refractivity contribution is 0.0991. The normalized spacial score (nSPS) is 10.0. The number of amides is 3. The highest BCUT2D eigenvalue weighted by atomic mass is 16.2. The summed E-state index contributed by atoms with van der Waals surface area (Å²) < 4.78 is 0. The van der Waals surface area contributed by atoms with Gasteiger partial charge in [0.1, 0.15) is 6.33 Å². The zero-order chi connectivity index (χ0) is 14.7. The molecule has 0 spiro atoms. The van der Waals surface area contributed by atoms with Gasteiger partial charge in [0.05, 0.1) is 0 Å². The van der Waals surface area contributed by atoms with Gasteiger partial charge in [-0.2, -0.15) is 5.10 Å². The van der Waals surface area contributed by atoms with Crippen molar-refractivity contribution in [1.29, 1.82) is 0 Å². The molecule has 1 aromatic carbocycles. The summed E-state index contributed by atoms with van der Waals surface area (Å²) in [6.07, 6.45) is 1.17. The van der Waals surface area contributed by atoms with Crippen molar-refractivity contribution in [3.05, 3.63) is 41.5 Å². The van der Waals surface area contributed by atoms with Gasteiger partial charge >= 0.3 is 0 Å². The molecule has 2 aromatic rings. The van der Waals surface area contributed by atoms with Crippen LogP contribution >= 0.6 is 0 Å². The van der Waals surface area contributed by atoms with E-state index < -0.39 is 17.7 Å². The monoisotopic (exact) mass is 274 g/mol. The zero-order valence-corrected chi connectivity index (χ0v) is 10.1. The van der Waals surface area contributed by atoms with Crippen LogP contribution < -0.4 is 16.8 Å². The Hall–Kier alpha value is -3.23. The Morgan fingerprint density at radius 1 is 1.05 bits per heavy atom. The molecule has 0 aliphatic carbocycles. The molecule has 2 rings (SSSR count). The standard InChI is InChI=1S/C11H10N6O3/c12-8(18)5-1-6(9(13)19)3-7(2-5)16-11(20)10-14-4-15-17-10/h1-4H,(H2,12,18)(H2,13,19)(H,16,20)(H,14,15,17). The van der Waals surface area contributed by atoms with E-state index in [0.717, 1.165) is 0 Å². The van der Waals surface area contributed by atoms with Crippen LogP contribution in [0.2, 0.25) is 0 Å². The summed E-state index contributed by atoms with van der Waals surface area (Å²) in [6.45, 7) is 0. The average Bonchev–Trinajstić information content (AvgIpc) is 2.92. The summed E-state index contributed by atoms with van der Waals surface area (Å²) >= 11 is 0.